The first kappa shape index (κ1) is 15.4. The quantitative estimate of drug-likeness (QED) is 0.783. The highest BCUT2D eigenvalue weighted by Gasteiger charge is 2.19. The highest BCUT2D eigenvalue weighted by molar-refractivity contribution is 7.88. The molecule has 0 radical (unpaired) electrons. The van der Waals surface area contributed by atoms with E-state index in [1.807, 2.05) is 31.3 Å². The van der Waals surface area contributed by atoms with Crippen LogP contribution < -0.4 is 10.0 Å². The van der Waals surface area contributed by atoms with Crippen LogP contribution in [0.25, 0.3) is 0 Å². The van der Waals surface area contributed by atoms with Crippen molar-refractivity contribution in [3.05, 3.63) is 35.4 Å². The summed E-state index contributed by atoms with van der Waals surface area (Å²) in [5.74, 6) is 0.332. The van der Waals surface area contributed by atoms with Crippen molar-refractivity contribution in [2.75, 3.05) is 26.8 Å². The fraction of sp³-hybridized carbons (Fsp3) is 0.571. The first-order valence-corrected chi connectivity index (χ1v) is 8.52. The molecule has 1 unspecified atom stereocenters. The molecule has 1 fully saturated rings. The number of ether oxygens (including phenoxy) is 1. The van der Waals surface area contributed by atoms with Gasteiger partial charge in [-0.15, -0.1) is 0 Å². The molecule has 1 saturated heterocycles. The van der Waals surface area contributed by atoms with E-state index in [4.69, 9.17) is 4.74 Å². The number of rotatable bonds is 7. The van der Waals surface area contributed by atoms with Gasteiger partial charge in [0.25, 0.3) is 0 Å². The smallest absolute Gasteiger partial charge is 0.215 e. The molecule has 6 heteroatoms. The highest BCUT2D eigenvalue weighted by atomic mass is 32.2. The van der Waals surface area contributed by atoms with Gasteiger partial charge >= 0.3 is 0 Å². The molecule has 1 aromatic rings. The normalized spacial score (nSPS) is 19.4. The molecule has 5 nitrogen and oxygen atoms in total. The van der Waals surface area contributed by atoms with Gasteiger partial charge in [0, 0.05) is 19.7 Å². The van der Waals surface area contributed by atoms with Crippen LogP contribution in [0.15, 0.2) is 24.3 Å². The Kier molecular flexibility index (Phi) is 5.54. The lowest BCUT2D eigenvalue weighted by Crippen LogP contribution is -2.30. The van der Waals surface area contributed by atoms with Gasteiger partial charge in [-0.1, -0.05) is 24.3 Å². The third kappa shape index (κ3) is 4.86. The van der Waals surface area contributed by atoms with E-state index in [0.717, 1.165) is 30.7 Å². The van der Waals surface area contributed by atoms with E-state index in [1.165, 1.54) is 0 Å². The van der Waals surface area contributed by atoms with E-state index in [1.54, 1.807) is 0 Å². The first-order valence-electron chi connectivity index (χ1n) is 6.86. The molecule has 1 heterocycles. The van der Waals surface area contributed by atoms with Crippen LogP contribution in [-0.4, -0.2) is 35.2 Å². The number of nitrogens with one attached hydrogen (secondary N) is 2. The minimum absolute atomic E-state index is 0.0259. The molecule has 20 heavy (non-hydrogen) atoms. The summed E-state index contributed by atoms with van der Waals surface area (Å²) < 4.78 is 32.0. The van der Waals surface area contributed by atoms with Gasteiger partial charge in [0.15, 0.2) is 0 Å². The summed E-state index contributed by atoms with van der Waals surface area (Å²) in [4.78, 5) is 0. The molecule has 0 aromatic heterocycles. The fourth-order valence-corrected chi connectivity index (χ4v) is 3.50. The largest absolute Gasteiger partial charge is 0.381 e. The van der Waals surface area contributed by atoms with Gasteiger partial charge < -0.3 is 10.1 Å². The summed E-state index contributed by atoms with van der Waals surface area (Å²) in [6, 6.07) is 7.64. The summed E-state index contributed by atoms with van der Waals surface area (Å²) in [6.07, 6.45) is 0.931. The Bertz CT molecular complexity index is 525. The Hall–Kier alpha value is -0.950. The minimum Gasteiger partial charge on any atom is -0.381 e. The van der Waals surface area contributed by atoms with E-state index in [9.17, 15) is 8.42 Å². The Morgan fingerprint density at radius 3 is 2.85 bits per heavy atom. The SMILES string of the molecule is CNCc1cccc(CS(=O)(=O)NCC2CCOC2)c1. The number of benzene rings is 1. The average Bonchev–Trinajstić information content (AvgIpc) is 2.90. The van der Waals surface area contributed by atoms with Crippen LogP contribution in [0.5, 0.6) is 0 Å². The minimum atomic E-state index is -3.28. The van der Waals surface area contributed by atoms with Crippen molar-refractivity contribution in [3.63, 3.8) is 0 Å². The molecule has 1 atom stereocenters. The number of sulfonamides is 1. The molecule has 1 aliphatic heterocycles. The van der Waals surface area contributed by atoms with Gasteiger partial charge in [-0.2, -0.15) is 0 Å². The van der Waals surface area contributed by atoms with E-state index < -0.39 is 10.0 Å². The monoisotopic (exact) mass is 298 g/mol. The van der Waals surface area contributed by atoms with Crippen molar-refractivity contribution < 1.29 is 13.2 Å². The highest BCUT2D eigenvalue weighted by Crippen LogP contribution is 2.12. The van der Waals surface area contributed by atoms with Crippen molar-refractivity contribution >= 4 is 10.0 Å². The Morgan fingerprint density at radius 1 is 1.35 bits per heavy atom. The predicted octanol–water partition coefficient (Wildman–Crippen LogP) is 0.862. The van der Waals surface area contributed by atoms with E-state index >= 15 is 0 Å². The van der Waals surface area contributed by atoms with Crippen molar-refractivity contribution in [1.82, 2.24) is 10.0 Å². The van der Waals surface area contributed by atoms with Crippen LogP contribution in [0.2, 0.25) is 0 Å². The topological polar surface area (TPSA) is 67.4 Å². The molecule has 0 amide bonds. The van der Waals surface area contributed by atoms with Crippen LogP contribution in [0.3, 0.4) is 0 Å². The van der Waals surface area contributed by atoms with Gasteiger partial charge in [0.05, 0.1) is 12.4 Å². The maximum Gasteiger partial charge on any atom is 0.215 e. The van der Waals surface area contributed by atoms with Crippen molar-refractivity contribution in [3.8, 4) is 0 Å². The van der Waals surface area contributed by atoms with Crippen LogP contribution in [-0.2, 0) is 27.1 Å². The van der Waals surface area contributed by atoms with Crippen LogP contribution in [0.1, 0.15) is 17.5 Å². The maximum atomic E-state index is 12.1. The average molecular weight is 298 g/mol. The molecule has 112 valence electrons. The molecular formula is C14H22N2O3S. The third-order valence-corrected chi connectivity index (χ3v) is 4.66. The number of hydrogen-bond acceptors (Lipinski definition) is 4. The van der Waals surface area contributed by atoms with E-state index in [2.05, 4.69) is 10.0 Å². The second-order valence-electron chi connectivity index (χ2n) is 5.19. The Balaban J connectivity index is 1.91. The lowest BCUT2D eigenvalue weighted by Gasteiger charge is -2.11. The molecule has 0 spiro atoms. The standard InChI is InChI=1S/C14H22N2O3S/c1-15-8-12-3-2-4-13(7-12)11-20(17,18)16-9-14-5-6-19-10-14/h2-4,7,14-16H,5-6,8-11H2,1H3. The summed E-state index contributed by atoms with van der Waals surface area (Å²) >= 11 is 0. The summed E-state index contributed by atoms with van der Waals surface area (Å²) in [7, 11) is -1.41. The van der Waals surface area contributed by atoms with Crippen molar-refractivity contribution in [2.45, 2.75) is 18.7 Å². The summed E-state index contributed by atoms with van der Waals surface area (Å²) in [6.45, 7) is 2.60. The fourth-order valence-electron chi connectivity index (χ4n) is 2.29. The maximum absolute atomic E-state index is 12.1. The van der Waals surface area contributed by atoms with Gasteiger partial charge in [0.2, 0.25) is 10.0 Å². The molecule has 0 bridgehead atoms. The lowest BCUT2D eigenvalue weighted by atomic mass is 10.1. The lowest BCUT2D eigenvalue weighted by molar-refractivity contribution is 0.186. The molecular weight excluding hydrogens is 276 g/mol. The Labute approximate surface area is 120 Å². The van der Waals surface area contributed by atoms with Crippen LogP contribution in [0, 0.1) is 5.92 Å². The zero-order valence-electron chi connectivity index (χ0n) is 11.8. The second-order valence-corrected chi connectivity index (χ2v) is 6.99. The molecule has 0 saturated carbocycles. The van der Waals surface area contributed by atoms with Crippen molar-refractivity contribution in [2.24, 2.45) is 5.92 Å². The van der Waals surface area contributed by atoms with Crippen LogP contribution >= 0.6 is 0 Å². The molecule has 2 rings (SSSR count). The Morgan fingerprint density at radius 2 is 2.15 bits per heavy atom. The van der Waals surface area contributed by atoms with Crippen LogP contribution in [0.4, 0.5) is 0 Å². The predicted molar refractivity (Wildman–Crippen MR) is 78.8 cm³/mol. The number of hydrogen-bond donors (Lipinski definition) is 2. The van der Waals surface area contributed by atoms with Gasteiger partial charge in [-0.25, -0.2) is 13.1 Å². The summed E-state index contributed by atoms with van der Waals surface area (Å²) in [5, 5.41) is 3.06. The summed E-state index contributed by atoms with van der Waals surface area (Å²) in [5.41, 5.74) is 1.90. The molecule has 1 aromatic carbocycles. The van der Waals surface area contributed by atoms with E-state index in [0.29, 0.717) is 19.1 Å². The van der Waals surface area contributed by atoms with Gasteiger partial charge in [-0.05, 0) is 30.5 Å². The zero-order valence-corrected chi connectivity index (χ0v) is 12.6. The molecule has 1 aliphatic rings. The second kappa shape index (κ2) is 7.17. The van der Waals surface area contributed by atoms with Gasteiger partial charge in [-0.3, -0.25) is 0 Å². The van der Waals surface area contributed by atoms with Gasteiger partial charge in [0.1, 0.15) is 0 Å². The third-order valence-electron chi connectivity index (χ3n) is 3.34. The molecule has 0 aliphatic carbocycles. The van der Waals surface area contributed by atoms with E-state index in [-0.39, 0.29) is 5.75 Å². The molecule has 2 N–H and O–H groups in total. The first-order chi connectivity index (χ1) is 9.59. The zero-order chi connectivity index (χ0) is 14.4. The van der Waals surface area contributed by atoms with Crippen molar-refractivity contribution in [1.29, 1.82) is 0 Å².